The van der Waals surface area contributed by atoms with Crippen molar-refractivity contribution in [1.82, 2.24) is 19.8 Å². The van der Waals surface area contributed by atoms with Gasteiger partial charge in [0.2, 0.25) is 0 Å². The van der Waals surface area contributed by atoms with Gasteiger partial charge in [0.05, 0.1) is 24.1 Å². The van der Waals surface area contributed by atoms with E-state index >= 15 is 0 Å². The highest BCUT2D eigenvalue weighted by Gasteiger charge is 2.26. The lowest BCUT2D eigenvalue weighted by atomic mass is 10.0. The van der Waals surface area contributed by atoms with Crippen LogP contribution in [0.2, 0.25) is 0 Å². The molecule has 0 bridgehead atoms. The molecular formula is C25H28N4O3. The molecule has 1 atom stereocenters. The number of hydrogen-bond donors (Lipinski definition) is 1. The van der Waals surface area contributed by atoms with E-state index in [9.17, 15) is 9.59 Å². The summed E-state index contributed by atoms with van der Waals surface area (Å²) in [5.74, 6) is 1.49. The maximum Gasteiger partial charge on any atom is 0.261 e. The molecule has 0 spiro atoms. The molecule has 7 heteroatoms. The molecule has 1 unspecified atom stereocenters. The standard InChI is InChI=1S/C25H28N4O3/c1-32-22-8-3-2-7-19(22)21(28-12-4-5-13-28)16-26-24(30)17-10-11-18-20(15-17)27-23-9-6-14-29(23)25(18)31/h2-3,7-8,10-11,15,21H,4-6,9,12-14,16H2,1H3,(H,26,30). The van der Waals surface area contributed by atoms with Gasteiger partial charge in [0.1, 0.15) is 11.6 Å². The molecule has 0 radical (unpaired) electrons. The minimum Gasteiger partial charge on any atom is -0.496 e. The number of rotatable bonds is 6. The molecule has 2 aliphatic heterocycles. The fraction of sp³-hybridized carbons (Fsp3) is 0.400. The zero-order valence-corrected chi connectivity index (χ0v) is 18.3. The summed E-state index contributed by atoms with van der Waals surface area (Å²) in [6.45, 7) is 3.22. The van der Waals surface area contributed by atoms with Crippen molar-refractivity contribution >= 4 is 16.8 Å². The van der Waals surface area contributed by atoms with Gasteiger partial charge in [-0.2, -0.15) is 0 Å². The number of aryl methyl sites for hydroxylation is 1. The lowest BCUT2D eigenvalue weighted by Gasteiger charge is -2.29. The van der Waals surface area contributed by atoms with Crippen LogP contribution in [-0.4, -0.2) is 47.1 Å². The van der Waals surface area contributed by atoms with Gasteiger partial charge in [-0.05, 0) is 56.6 Å². The van der Waals surface area contributed by atoms with Crippen LogP contribution in [0.4, 0.5) is 0 Å². The van der Waals surface area contributed by atoms with Crippen LogP contribution >= 0.6 is 0 Å². The van der Waals surface area contributed by atoms with Gasteiger partial charge >= 0.3 is 0 Å². The second-order valence-electron chi connectivity index (χ2n) is 8.53. The first-order chi connectivity index (χ1) is 15.7. The minimum absolute atomic E-state index is 0.0141. The SMILES string of the molecule is COc1ccccc1C(CNC(=O)c1ccc2c(=O)n3c(nc2c1)CCC3)N1CCCC1. The van der Waals surface area contributed by atoms with Gasteiger partial charge in [0, 0.05) is 30.6 Å². The van der Waals surface area contributed by atoms with Gasteiger partial charge in [-0.25, -0.2) is 4.98 Å². The number of carbonyl (C=O) groups excluding carboxylic acids is 1. The number of aromatic nitrogens is 2. The molecule has 0 aliphatic carbocycles. The number of benzene rings is 2. The first-order valence-electron chi connectivity index (χ1n) is 11.3. The smallest absolute Gasteiger partial charge is 0.261 e. The maximum absolute atomic E-state index is 13.0. The van der Waals surface area contributed by atoms with Crippen molar-refractivity contribution in [3.05, 3.63) is 69.8 Å². The summed E-state index contributed by atoms with van der Waals surface area (Å²) in [6.07, 6.45) is 4.07. The van der Waals surface area contributed by atoms with Crippen LogP contribution in [-0.2, 0) is 13.0 Å². The molecule has 1 aromatic heterocycles. The zero-order chi connectivity index (χ0) is 22.1. The molecule has 1 fully saturated rings. The molecular weight excluding hydrogens is 404 g/mol. The summed E-state index contributed by atoms with van der Waals surface area (Å²) >= 11 is 0. The van der Waals surface area contributed by atoms with Crippen LogP contribution in [0.5, 0.6) is 5.75 Å². The first kappa shape index (κ1) is 20.7. The van der Waals surface area contributed by atoms with Crippen molar-refractivity contribution in [2.75, 3.05) is 26.7 Å². The van der Waals surface area contributed by atoms with Gasteiger partial charge < -0.3 is 10.1 Å². The minimum atomic E-state index is -0.159. The molecule has 2 aliphatic rings. The van der Waals surface area contributed by atoms with Crippen molar-refractivity contribution in [3.63, 3.8) is 0 Å². The van der Waals surface area contributed by atoms with Crippen molar-refractivity contribution < 1.29 is 9.53 Å². The number of nitrogens with one attached hydrogen (secondary N) is 1. The zero-order valence-electron chi connectivity index (χ0n) is 18.3. The Labute approximate surface area is 187 Å². The second kappa shape index (κ2) is 8.74. The van der Waals surface area contributed by atoms with Crippen LogP contribution in [0.3, 0.4) is 0 Å². The predicted octanol–water partition coefficient (Wildman–Crippen LogP) is 2.92. The highest BCUT2D eigenvalue weighted by atomic mass is 16.5. The van der Waals surface area contributed by atoms with E-state index in [1.165, 1.54) is 0 Å². The molecule has 1 amide bonds. The van der Waals surface area contributed by atoms with Crippen LogP contribution in [0, 0.1) is 0 Å². The Morgan fingerprint density at radius 3 is 2.75 bits per heavy atom. The van der Waals surface area contributed by atoms with Crippen molar-refractivity contribution in [2.45, 2.75) is 38.3 Å². The summed E-state index contributed by atoms with van der Waals surface area (Å²) < 4.78 is 7.34. The van der Waals surface area contributed by atoms with Crippen LogP contribution in [0.1, 0.15) is 47.1 Å². The van der Waals surface area contributed by atoms with E-state index in [2.05, 4.69) is 21.3 Å². The number of ether oxygens (including phenoxy) is 1. The first-order valence-corrected chi connectivity index (χ1v) is 11.3. The molecule has 1 N–H and O–H groups in total. The quantitative estimate of drug-likeness (QED) is 0.648. The highest BCUT2D eigenvalue weighted by molar-refractivity contribution is 5.97. The number of hydrogen-bond acceptors (Lipinski definition) is 5. The summed E-state index contributed by atoms with van der Waals surface area (Å²) in [4.78, 5) is 32.8. The van der Waals surface area contributed by atoms with E-state index in [1.807, 2.05) is 18.2 Å². The Hall–Kier alpha value is -3.19. The molecule has 166 valence electrons. The largest absolute Gasteiger partial charge is 0.496 e. The summed E-state index contributed by atoms with van der Waals surface area (Å²) in [6, 6.07) is 13.2. The third-order valence-electron chi connectivity index (χ3n) is 6.61. The monoisotopic (exact) mass is 432 g/mol. The Balaban J connectivity index is 1.39. The number of fused-ring (bicyclic) bond motifs is 2. The van der Waals surface area contributed by atoms with Gasteiger partial charge in [0.25, 0.3) is 11.5 Å². The van der Waals surface area contributed by atoms with Crippen molar-refractivity contribution in [1.29, 1.82) is 0 Å². The Morgan fingerprint density at radius 1 is 1.12 bits per heavy atom. The molecule has 2 aromatic carbocycles. The van der Waals surface area contributed by atoms with Gasteiger partial charge in [-0.1, -0.05) is 18.2 Å². The molecule has 7 nitrogen and oxygen atoms in total. The third kappa shape index (κ3) is 3.77. The van der Waals surface area contributed by atoms with Crippen LogP contribution in [0.15, 0.2) is 47.3 Å². The highest BCUT2D eigenvalue weighted by Crippen LogP contribution is 2.31. The van der Waals surface area contributed by atoms with Crippen LogP contribution < -0.4 is 15.6 Å². The normalized spacial score (nSPS) is 16.8. The fourth-order valence-electron chi connectivity index (χ4n) is 4.95. The molecule has 32 heavy (non-hydrogen) atoms. The predicted molar refractivity (Wildman–Crippen MR) is 123 cm³/mol. The average Bonchev–Trinajstić information content (AvgIpc) is 3.52. The van der Waals surface area contributed by atoms with Gasteiger partial charge in [0.15, 0.2) is 0 Å². The van der Waals surface area contributed by atoms with E-state index in [1.54, 1.807) is 29.9 Å². The van der Waals surface area contributed by atoms with Gasteiger partial charge in [-0.15, -0.1) is 0 Å². The molecule has 0 saturated carbocycles. The topological polar surface area (TPSA) is 76.5 Å². The molecule has 5 rings (SSSR count). The number of nitrogens with zero attached hydrogens (tertiary/aromatic N) is 3. The Bertz CT molecular complexity index is 1210. The number of para-hydroxylation sites is 1. The summed E-state index contributed by atoms with van der Waals surface area (Å²) in [5, 5.41) is 3.68. The third-order valence-corrected chi connectivity index (χ3v) is 6.61. The van der Waals surface area contributed by atoms with Crippen molar-refractivity contribution in [3.8, 4) is 5.75 Å². The summed E-state index contributed by atoms with van der Waals surface area (Å²) in [7, 11) is 1.68. The average molecular weight is 433 g/mol. The number of amides is 1. The number of carbonyl (C=O) groups is 1. The van der Waals surface area contributed by atoms with Gasteiger partial charge in [-0.3, -0.25) is 19.1 Å². The number of likely N-dealkylation sites (tertiary alicyclic amines) is 1. The maximum atomic E-state index is 13.0. The van der Waals surface area contributed by atoms with E-state index < -0.39 is 0 Å². The number of methoxy groups -OCH3 is 1. The molecule has 3 heterocycles. The lowest BCUT2D eigenvalue weighted by Crippen LogP contribution is -2.37. The summed E-state index contributed by atoms with van der Waals surface area (Å²) in [5.41, 5.74) is 2.19. The van der Waals surface area contributed by atoms with E-state index in [0.29, 0.717) is 23.0 Å². The molecule has 3 aromatic rings. The van der Waals surface area contributed by atoms with E-state index in [4.69, 9.17) is 4.74 Å². The van der Waals surface area contributed by atoms with E-state index in [-0.39, 0.29) is 17.5 Å². The van der Waals surface area contributed by atoms with Crippen molar-refractivity contribution in [2.24, 2.45) is 0 Å². The molecule has 1 saturated heterocycles. The second-order valence-corrected chi connectivity index (χ2v) is 8.53. The fourth-order valence-corrected chi connectivity index (χ4v) is 4.95. The lowest BCUT2D eigenvalue weighted by molar-refractivity contribution is 0.0937. The van der Waals surface area contributed by atoms with Crippen LogP contribution in [0.25, 0.3) is 10.9 Å². The Morgan fingerprint density at radius 2 is 1.94 bits per heavy atom. The van der Waals surface area contributed by atoms with E-state index in [0.717, 1.165) is 62.5 Å². The Kier molecular flexibility index (Phi) is 5.66.